The van der Waals surface area contributed by atoms with E-state index in [2.05, 4.69) is 29.5 Å². The molecular formula is C14H19NO2S. The van der Waals surface area contributed by atoms with Crippen molar-refractivity contribution in [2.24, 2.45) is 5.92 Å². The third kappa shape index (κ3) is 1.79. The number of hydrogen-bond acceptors (Lipinski definition) is 4. The summed E-state index contributed by atoms with van der Waals surface area (Å²) in [5.74, 6) is 0.335. The Hall–Kier alpha value is -0.870. The van der Waals surface area contributed by atoms with E-state index in [1.807, 2.05) is 0 Å². The van der Waals surface area contributed by atoms with Crippen LogP contribution in [0.2, 0.25) is 0 Å². The first-order chi connectivity index (χ1) is 8.72. The van der Waals surface area contributed by atoms with Crippen LogP contribution in [0.4, 0.5) is 0 Å². The molecule has 1 aromatic rings. The van der Waals surface area contributed by atoms with Gasteiger partial charge in [0.25, 0.3) is 0 Å². The van der Waals surface area contributed by atoms with Crippen LogP contribution in [0.1, 0.15) is 30.1 Å². The first-order valence-electron chi connectivity index (χ1n) is 6.55. The molecule has 0 aromatic carbocycles. The van der Waals surface area contributed by atoms with Crippen LogP contribution in [-0.4, -0.2) is 37.1 Å². The molecule has 3 heterocycles. The number of likely N-dealkylation sites (N-methyl/N-ethyl adjacent to an activating group) is 1. The van der Waals surface area contributed by atoms with Crippen LogP contribution in [-0.2, 0) is 9.53 Å². The van der Waals surface area contributed by atoms with Gasteiger partial charge in [0.15, 0.2) is 0 Å². The summed E-state index contributed by atoms with van der Waals surface area (Å²) in [6.07, 6.45) is 3.37. The van der Waals surface area contributed by atoms with Crippen LogP contribution < -0.4 is 0 Å². The number of fused-ring (bicyclic) bond motifs is 2. The lowest BCUT2D eigenvalue weighted by atomic mass is 9.79. The van der Waals surface area contributed by atoms with Crippen molar-refractivity contribution < 1.29 is 9.53 Å². The van der Waals surface area contributed by atoms with Gasteiger partial charge in [0.05, 0.1) is 13.0 Å². The topological polar surface area (TPSA) is 29.5 Å². The van der Waals surface area contributed by atoms with Crippen LogP contribution >= 0.6 is 11.3 Å². The monoisotopic (exact) mass is 265 g/mol. The Morgan fingerprint density at radius 2 is 2.33 bits per heavy atom. The van der Waals surface area contributed by atoms with E-state index < -0.39 is 0 Å². The Balaban J connectivity index is 1.96. The number of nitrogens with zero attached hydrogens (tertiary/aromatic N) is 1. The first kappa shape index (κ1) is 12.2. The SMILES string of the molecule is COC(=O)C1C[C@H]2CC[C@H]([C@H]1c1cccs1)N2C. The lowest BCUT2D eigenvalue weighted by Crippen LogP contribution is -2.47. The summed E-state index contributed by atoms with van der Waals surface area (Å²) in [4.78, 5) is 15.9. The van der Waals surface area contributed by atoms with Gasteiger partial charge in [0.2, 0.25) is 0 Å². The van der Waals surface area contributed by atoms with Gasteiger partial charge in [-0.1, -0.05) is 6.07 Å². The molecule has 0 saturated carbocycles. The zero-order valence-electron chi connectivity index (χ0n) is 10.8. The van der Waals surface area contributed by atoms with Gasteiger partial charge in [0.1, 0.15) is 0 Å². The third-order valence-corrected chi connectivity index (χ3v) is 5.62. The number of methoxy groups -OCH3 is 1. The molecule has 98 valence electrons. The number of carbonyl (C=O) groups is 1. The number of hydrogen-bond donors (Lipinski definition) is 0. The summed E-state index contributed by atoms with van der Waals surface area (Å²) in [5, 5.41) is 2.10. The molecule has 2 bridgehead atoms. The van der Waals surface area contributed by atoms with Crippen LogP contribution in [0.15, 0.2) is 17.5 Å². The summed E-state index contributed by atoms with van der Waals surface area (Å²) >= 11 is 1.77. The fourth-order valence-electron chi connectivity index (χ4n) is 3.73. The highest BCUT2D eigenvalue weighted by molar-refractivity contribution is 7.10. The average Bonchev–Trinajstić information content (AvgIpc) is 2.97. The van der Waals surface area contributed by atoms with E-state index in [9.17, 15) is 4.79 Å². The van der Waals surface area contributed by atoms with Crippen molar-refractivity contribution in [3.05, 3.63) is 22.4 Å². The molecule has 3 rings (SSSR count). The lowest BCUT2D eigenvalue weighted by molar-refractivity contribution is -0.149. The number of ether oxygens (including phenoxy) is 1. The molecule has 1 unspecified atom stereocenters. The minimum absolute atomic E-state index is 0.0293. The molecule has 2 fully saturated rings. The maximum absolute atomic E-state index is 12.1. The Kier molecular flexibility index (Phi) is 3.16. The first-order valence-corrected chi connectivity index (χ1v) is 7.43. The molecule has 0 radical (unpaired) electrons. The number of thiophene rings is 1. The zero-order valence-corrected chi connectivity index (χ0v) is 11.7. The molecule has 4 heteroatoms. The molecular weight excluding hydrogens is 246 g/mol. The summed E-state index contributed by atoms with van der Waals surface area (Å²) in [6.45, 7) is 0. The Morgan fingerprint density at radius 1 is 1.50 bits per heavy atom. The van der Waals surface area contributed by atoms with Gasteiger partial charge in [-0.2, -0.15) is 0 Å². The maximum atomic E-state index is 12.1. The van der Waals surface area contributed by atoms with Crippen LogP contribution in [0, 0.1) is 5.92 Å². The van der Waals surface area contributed by atoms with E-state index >= 15 is 0 Å². The second-order valence-electron chi connectivity index (χ2n) is 5.37. The zero-order chi connectivity index (χ0) is 12.7. The van der Waals surface area contributed by atoms with E-state index in [4.69, 9.17) is 4.74 Å². The predicted molar refractivity (Wildman–Crippen MR) is 71.8 cm³/mol. The van der Waals surface area contributed by atoms with Gasteiger partial charge >= 0.3 is 5.97 Å². The van der Waals surface area contributed by atoms with Crippen LogP contribution in [0.3, 0.4) is 0 Å². The molecule has 1 aromatic heterocycles. The Morgan fingerprint density at radius 3 is 3.00 bits per heavy atom. The molecule has 3 nitrogen and oxygen atoms in total. The summed E-state index contributed by atoms with van der Waals surface area (Å²) in [7, 11) is 3.71. The molecule has 0 amide bonds. The summed E-state index contributed by atoms with van der Waals surface area (Å²) in [6, 6.07) is 5.31. The number of piperidine rings is 1. The minimum Gasteiger partial charge on any atom is -0.469 e. The second-order valence-corrected chi connectivity index (χ2v) is 6.35. The number of rotatable bonds is 2. The van der Waals surface area contributed by atoms with Gasteiger partial charge in [-0.25, -0.2) is 0 Å². The van der Waals surface area contributed by atoms with Crippen molar-refractivity contribution in [1.82, 2.24) is 4.90 Å². The van der Waals surface area contributed by atoms with E-state index in [1.54, 1.807) is 11.3 Å². The average molecular weight is 265 g/mol. The van der Waals surface area contributed by atoms with Gasteiger partial charge < -0.3 is 4.74 Å². The smallest absolute Gasteiger partial charge is 0.309 e. The predicted octanol–water partition coefficient (Wildman–Crippen LogP) is 2.49. The lowest BCUT2D eigenvalue weighted by Gasteiger charge is -2.41. The van der Waals surface area contributed by atoms with Crippen molar-refractivity contribution in [2.45, 2.75) is 37.3 Å². The molecule has 2 aliphatic heterocycles. The fourth-order valence-corrected chi connectivity index (χ4v) is 4.68. The molecule has 2 aliphatic rings. The number of carbonyl (C=O) groups excluding carboxylic acids is 1. The summed E-state index contributed by atoms with van der Waals surface area (Å²) < 4.78 is 5.02. The normalized spacial score (nSPS) is 35.7. The Bertz CT molecular complexity index is 431. The van der Waals surface area contributed by atoms with Gasteiger partial charge in [0, 0.05) is 22.9 Å². The highest BCUT2D eigenvalue weighted by Crippen LogP contribution is 2.47. The summed E-state index contributed by atoms with van der Waals surface area (Å²) in [5.41, 5.74) is 0. The van der Waals surface area contributed by atoms with Gasteiger partial charge in [-0.05, 0) is 37.8 Å². The standard InChI is InChI=1S/C14H19NO2S/c1-15-9-5-6-11(15)13(12-4-3-7-18-12)10(8-9)14(16)17-2/h3-4,7,9-11,13H,5-6,8H2,1-2H3/t9-,10?,11-,13+/m1/s1. The molecule has 0 N–H and O–H groups in total. The van der Waals surface area contributed by atoms with E-state index in [-0.39, 0.29) is 11.9 Å². The Labute approximate surface area is 112 Å². The molecule has 18 heavy (non-hydrogen) atoms. The highest BCUT2D eigenvalue weighted by Gasteiger charge is 2.49. The maximum Gasteiger partial charge on any atom is 0.309 e. The van der Waals surface area contributed by atoms with Gasteiger partial charge in [-0.3, -0.25) is 9.69 Å². The van der Waals surface area contributed by atoms with E-state index in [1.165, 1.54) is 24.8 Å². The second kappa shape index (κ2) is 4.67. The molecule has 2 saturated heterocycles. The van der Waals surface area contributed by atoms with E-state index in [0.717, 1.165) is 6.42 Å². The van der Waals surface area contributed by atoms with Crippen molar-refractivity contribution in [2.75, 3.05) is 14.2 Å². The largest absolute Gasteiger partial charge is 0.469 e. The molecule has 4 atom stereocenters. The van der Waals surface area contributed by atoms with Crippen molar-refractivity contribution in [1.29, 1.82) is 0 Å². The number of esters is 1. The highest BCUT2D eigenvalue weighted by atomic mass is 32.1. The van der Waals surface area contributed by atoms with Crippen molar-refractivity contribution in [3.8, 4) is 0 Å². The van der Waals surface area contributed by atoms with Crippen molar-refractivity contribution >= 4 is 17.3 Å². The minimum atomic E-state index is -0.0293. The molecule has 0 spiro atoms. The third-order valence-electron chi connectivity index (χ3n) is 4.64. The quantitative estimate of drug-likeness (QED) is 0.769. The van der Waals surface area contributed by atoms with Gasteiger partial charge in [-0.15, -0.1) is 11.3 Å². The van der Waals surface area contributed by atoms with Crippen molar-refractivity contribution in [3.63, 3.8) is 0 Å². The van der Waals surface area contributed by atoms with E-state index in [0.29, 0.717) is 18.0 Å². The van der Waals surface area contributed by atoms with Crippen LogP contribution in [0.5, 0.6) is 0 Å². The van der Waals surface area contributed by atoms with Crippen LogP contribution in [0.25, 0.3) is 0 Å². The fraction of sp³-hybridized carbons (Fsp3) is 0.643. The molecule has 0 aliphatic carbocycles.